The fourth-order valence-corrected chi connectivity index (χ4v) is 2.78. The Morgan fingerprint density at radius 3 is 2.18 bits per heavy atom. The quantitative estimate of drug-likeness (QED) is 0.885. The molecule has 0 aliphatic heterocycles. The number of aliphatic carboxylic acids is 1. The predicted molar refractivity (Wildman–Crippen MR) is 62.7 cm³/mol. The molecule has 0 spiro atoms. The monoisotopic (exact) mass is 254 g/mol. The van der Waals surface area contributed by atoms with E-state index >= 15 is 0 Å². The van der Waals surface area contributed by atoms with Crippen LogP contribution in [-0.4, -0.2) is 25.2 Å². The number of benzene rings is 1. The van der Waals surface area contributed by atoms with E-state index in [2.05, 4.69) is 0 Å². The van der Waals surface area contributed by atoms with Crippen molar-refractivity contribution in [3.63, 3.8) is 0 Å². The number of hydrogen-bond acceptors (Lipinski definition) is 3. The first kappa shape index (κ1) is 12.1. The lowest BCUT2D eigenvalue weighted by atomic mass is 9.96. The Labute approximate surface area is 100 Å². The van der Waals surface area contributed by atoms with E-state index in [9.17, 15) is 13.2 Å². The second-order valence-corrected chi connectivity index (χ2v) is 6.59. The van der Waals surface area contributed by atoms with Gasteiger partial charge < -0.3 is 5.11 Å². The topological polar surface area (TPSA) is 71.4 Å². The summed E-state index contributed by atoms with van der Waals surface area (Å²) in [5, 5.41) is 9.11. The van der Waals surface area contributed by atoms with Crippen LogP contribution in [0.15, 0.2) is 29.2 Å². The average Bonchev–Trinajstić information content (AvgIpc) is 3.10. The van der Waals surface area contributed by atoms with E-state index < -0.39 is 21.2 Å². The van der Waals surface area contributed by atoms with Crippen molar-refractivity contribution in [3.05, 3.63) is 29.8 Å². The first-order chi connectivity index (χ1) is 7.92. The van der Waals surface area contributed by atoms with E-state index in [1.807, 2.05) is 0 Å². The van der Waals surface area contributed by atoms with Crippen LogP contribution in [0.3, 0.4) is 0 Å². The summed E-state index contributed by atoms with van der Waals surface area (Å²) in [5.41, 5.74) is -0.0748. The molecule has 0 aromatic heterocycles. The Bertz CT molecular complexity index is 538. The molecule has 5 heteroatoms. The molecule has 1 aliphatic carbocycles. The lowest BCUT2D eigenvalue weighted by molar-refractivity contribution is -0.140. The predicted octanol–water partition coefficient (Wildman–Crippen LogP) is 1.60. The van der Waals surface area contributed by atoms with Gasteiger partial charge in [-0.3, -0.25) is 4.79 Å². The van der Waals surface area contributed by atoms with Crippen LogP contribution >= 0.6 is 0 Å². The van der Waals surface area contributed by atoms with Crippen molar-refractivity contribution in [3.8, 4) is 0 Å². The molecule has 1 aromatic carbocycles. The minimum Gasteiger partial charge on any atom is -0.481 e. The SMILES string of the molecule is CCS(=O)(=O)c1ccc(C2(C(=O)O)CC2)cc1. The van der Waals surface area contributed by atoms with Crippen molar-refractivity contribution in [2.75, 3.05) is 5.75 Å². The van der Waals surface area contributed by atoms with Gasteiger partial charge in [-0.2, -0.15) is 0 Å². The lowest BCUT2D eigenvalue weighted by Gasteiger charge is -2.10. The molecule has 0 amide bonds. The molecule has 0 heterocycles. The number of carbonyl (C=O) groups is 1. The molecule has 1 aliphatic rings. The molecule has 1 fully saturated rings. The number of sulfone groups is 1. The van der Waals surface area contributed by atoms with Crippen LogP contribution in [-0.2, 0) is 20.0 Å². The van der Waals surface area contributed by atoms with E-state index in [1.165, 1.54) is 12.1 Å². The van der Waals surface area contributed by atoms with Gasteiger partial charge in [-0.05, 0) is 30.5 Å². The molecule has 2 rings (SSSR count). The molecule has 1 saturated carbocycles. The Balaban J connectivity index is 2.35. The van der Waals surface area contributed by atoms with Gasteiger partial charge in [-0.15, -0.1) is 0 Å². The maximum absolute atomic E-state index is 11.6. The molecule has 0 atom stereocenters. The summed E-state index contributed by atoms with van der Waals surface area (Å²) in [7, 11) is -3.21. The third kappa shape index (κ3) is 1.95. The van der Waals surface area contributed by atoms with Crippen LogP contribution < -0.4 is 0 Å². The Morgan fingerprint density at radius 1 is 1.29 bits per heavy atom. The number of rotatable bonds is 4. The fourth-order valence-electron chi connectivity index (χ4n) is 1.90. The van der Waals surface area contributed by atoms with Crippen LogP contribution in [0.2, 0.25) is 0 Å². The lowest BCUT2D eigenvalue weighted by Crippen LogP contribution is -2.19. The number of carboxylic acid groups (broad SMARTS) is 1. The second-order valence-electron chi connectivity index (χ2n) is 4.32. The minimum absolute atomic E-state index is 0.0520. The van der Waals surface area contributed by atoms with Crippen LogP contribution in [0.1, 0.15) is 25.3 Å². The zero-order chi connectivity index (χ0) is 12.7. The zero-order valence-electron chi connectivity index (χ0n) is 9.51. The van der Waals surface area contributed by atoms with Crippen LogP contribution in [0.5, 0.6) is 0 Å². The van der Waals surface area contributed by atoms with Crippen molar-refractivity contribution >= 4 is 15.8 Å². The highest BCUT2D eigenvalue weighted by Gasteiger charge is 2.51. The third-order valence-electron chi connectivity index (χ3n) is 3.31. The molecule has 0 bridgehead atoms. The van der Waals surface area contributed by atoms with Crippen molar-refractivity contribution in [2.24, 2.45) is 0 Å². The van der Waals surface area contributed by atoms with E-state index in [1.54, 1.807) is 19.1 Å². The summed E-state index contributed by atoms with van der Waals surface area (Å²) in [4.78, 5) is 11.4. The van der Waals surface area contributed by atoms with Crippen molar-refractivity contribution < 1.29 is 18.3 Å². The first-order valence-corrected chi connectivity index (χ1v) is 7.14. The average molecular weight is 254 g/mol. The van der Waals surface area contributed by atoms with Crippen molar-refractivity contribution in [1.82, 2.24) is 0 Å². The van der Waals surface area contributed by atoms with E-state index in [0.717, 1.165) is 0 Å². The highest BCUT2D eigenvalue weighted by atomic mass is 32.2. The molecule has 1 N–H and O–H groups in total. The van der Waals surface area contributed by atoms with Gasteiger partial charge in [0.15, 0.2) is 9.84 Å². The molecule has 0 saturated heterocycles. The molecule has 0 radical (unpaired) electrons. The second kappa shape index (κ2) is 3.84. The molecule has 92 valence electrons. The molecular formula is C12H14O4S. The summed E-state index contributed by atoms with van der Waals surface area (Å²) in [5.74, 6) is -0.778. The summed E-state index contributed by atoms with van der Waals surface area (Å²) in [6.45, 7) is 1.59. The molecule has 4 nitrogen and oxygen atoms in total. The highest BCUT2D eigenvalue weighted by Crippen LogP contribution is 2.48. The van der Waals surface area contributed by atoms with Gasteiger partial charge in [0.25, 0.3) is 0 Å². The first-order valence-electron chi connectivity index (χ1n) is 5.49. The van der Waals surface area contributed by atoms with Crippen LogP contribution in [0, 0.1) is 0 Å². The Kier molecular flexibility index (Phi) is 2.73. The van der Waals surface area contributed by atoms with E-state index in [-0.39, 0.29) is 10.6 Å². The van der Waals surface area contributed by atoms with Gasteiger partial charge in [-0.25, -0.2) is 8.42 Å². The molecule has 17 heavy (non-hydrogen) atoms. The molecule has 0 unspecified atom stereocenters. The Morgan fingerprint density at radius 2 is 1.82 bits per heavy atom. The highest BCUT2D eigenvalue weighted by molar-refractivity contribution is 7.91. The normalized spacial score (nSPS) is 17.7. The van der Waals surface area contributed by atoms with Gasteiger partial charge in [0.1, 0.15) is 0 Å². The maximum Gasteiger partial charge on any atom is 0.314 e. The Hall–Kier alpha value is -1.36. The van der Waals surface area contributed by atoms with Gasteiger partial charge in [0.05, 0.1) is 16.1 Å². The van der Waals surface area contributed by atoms with Crippen LogP contribution in [0.25, 0.3) is 0 Å². The third-order valence-corrected chi connectivity index (χ3v) is 5.06. The van der Waals surface area contributed by atoms with E-state index in [0.29, 0.717) is 18.4 Å². The summed E-state index contributed by atoms with van der Waals surface area (Å²) < 4.78 is 23.2. The van der Waals surface area contributed by atoms with Gasteiger partial charge in [0, 0.05) is 0 Å². The number of carboxylic acids is 1. The number of hydrogen-bond donors (Lipinski definition) is 1. The zero-order valence-corrected chi connectivity index (χ0v) is 10.3. The van der Waals surface area contributed by atoms with E-state index in [4.69, 9.17) is 5.11 Å². The smallest absolute Gasteiger partial charge is 0.314 e. The van der Waals surface area contributed by atoms with Gasteiger partial charge in [-0.1, -0.05) is 19.1 Å². The largest absolute Gasteiger partial charge is 0.481 e. The van der Waals surface area contributed by atoms with Crippen LogP contribution in [0.4, 0.5) is 0 Å². The van der Waals surface area contributed by atoms with Crippen molar-refractivity contribution in [2.45, 2.75) is 30.1 Å². The summed E-state index contributed by atoms with van der Waals surface area (Å²) in [6.07, 6.45) is 1.25. The van der Waals surface area contributed by atoms with Crippen molar-refractivity contribution in [1.29, 1.82) is 0 Å². The summed E-state index contributed by atoms with van der Waals surface area (Å²) in [6, 6.07) is 6.22. The van der Waals surface area contributed by atoms with Gasteiger partial charge >= 0.3 is 5.97 Å². The molecular weight excluding hydrogens is 240 g/mol. The molecule has 1 aromatic rings. The fraction of sp³-hybridized carbons (Fsp3) is 0.417. The van der Waals surface area contributed by atoms with Gasteiger partial charge in [0.2, 0.25) is 0 Å². The summed E-state index contributed by atoms with van der Waals surface area (Å²) >= 11 is 0. The maximum atomic E-state index is 11.6. The minimum atomic E-state index is -3.21. The standard InChI is InChI=1S/C12H14O4S/c1-2-17(15,16)10-5-3-9(4-6-10)12(7-8-12)11(13)14/h3-6H,2,7-8H2,1H3,(H,13,14).